The first-order valence-electron chi connectivity index (χ1n) is 10.9. The lowest BCUT2D eigenvalue weighted by atomic mass is 10.1. The Morgan fingerprint density at radius 1 is 1.11 bits per heavy atom. The molecule has 0 saturated heterocycles. The Hall–Kier alpha value is -4.87. The van der Waals surface area contributed by atoms with E-state index in [1.807, 2.05) is 0 Å². The van der Waals surface area contributed by atoms with Crippen LogP contribution in [0.3, 0.4) is 0 Å². The standard InChI is InChI=1S/C25H21F3N6O3/c1-3-22(35)31-13-14-4-5-15(10-18(14)25(26,27)28)32-24-33-19-7-6-16(11-20(19)34-24)37-17-8-9-30-21(12-17)23(36)29-2/h3-12H,1,13H2,2H3,(H,29,36)(H,31,35)(H2,32,33,34). The number of imidazole rings is 1. The minimum Gasteiger partial charge on any atom is -0.457 e. The van der Waals surface area contributed by atoms with Crippen LogP contribution < -0.4 is 20.7 Å². The number of benzene rings is 2. The molecule has 0 atom stereocenters. The number of hydrogen-bond donors (Lipinski definition) is 4. The number of fused-ring (bicyclic) bond motifs is 1. The van der Waals surface area contributed by atoms with Crippen LogP contribution in [0.5, 0.6) is 11.5 Å². The number of aromatic amines is 1. The van der Waals surface area contributed by atoms with E-state index in [1.165, 1.54) is 31.4 Å². The summed E-state index contributed by atoms with van der Waals surface area (Å²) in [6.07, 6.45) is -2.19. The lowest BCUT2D eigenvalue weighted by Crippen LogP contribution is -2.22. The van der Waals surface area contributed by atoms with Crippen molar-refractivity contribution in [1.29, 1.82) is 0 Å². The summed E-state index contributed by atoms with van der Waals surface area (Å²) in [4.78, 5) is 34.5. The van der Waals surface area contributed by atoms with E-state index < -0.39 is 17.6 Å². The minimum atomic E-state index is -4.63. The molecule has 9 nitrogen and oxygen atoms in total. The largest absolute Gasteiger partial charge is 0.457 e. The molecule has 0 radical (unpaired) electrons. The summed E-state index contributed by atoms with van der Waals surface area (Å²) in [7, 11) is 1.50. The number of H-pyrrole nitrogens is 1. The van der Waals surface area contributed by atoms with Crippen molar-refractivity contribution in [2.45, 2.75) is 12.7 Å². The van der Waals surface area contributed by atoms with Gasteiger partial charge in [-0.2, -0.15) is 13.2 Å². The number of carbonyl (C=O) groups is 2. The summed E-state index contributed by atoms with van der Waals surface area (Å²) in [5.74, 6) is 0.124. The number of hydrogen-bond acceptors (Lipinski definition) is 6. The van der Waals surface area contributed by atoms with E-state index in [2.05, 4.69) is 37.5 Å². The molecule has 0 unspecified atom stereocenters. The van der Waals surface area contributed by atoms with Gasteiger partial charge in [0.05, 0.1) is 16.6 Å². The molecule has 12 heteroatoms. The number of aromatic nitrogens is 3. The van der Waals surface area contributed by atoms with E-state index in [0.717, 1.165) is 12.1 Å². The zero-order valence-electron chi connectivity index (χ0n) is 19.4. The van der Waals surface area contributed by atoms with Crippen LogP contribution in [-0.2, 0) is 17.5 Å². The topological polar surface area (TPSA) is 121 Å². The van der Waals surface area contributed by atoms with Gasteiger partial charge in [0.2, 0.25) is 11.9 Å². The molecular formula is C25H21F3N6O3. The zero-order valence-corrected chi connectivity index (χ0v) is 19.4. The smallest absolute Gasteiger partial charge is 0.416 e. The maximum atomic E-state index is 13.6. The Morgan fingerprint density at radius 2 is 1.89 bits per heavy atom. The van der Waals surface area contributed by atoms with Gasteiger partial charge in [-0.15, -0.1) is 0 Å². The maximum absolute atomic E-state index is 13.6. The second-order valence-electron chi connectivity index (χ2n) is 7.74. The van der Waals surface area contributed by atoms with Crippen molar-refractivity contribution in [2.75, 3.05) is 12.4 Å². The number of pyridine rings is 1. The molecule has 2 aromatic carbocycles. The van der Waals surface area contributed by atoms with Crippen molar-refractivity contribution in [2.24, 2.45) is 0 Å². The molecular weight excluding hydrogens is 489 g/mol. The van der Waals surface area contributed by atoms with Gasteiger partial charge in [0.25, 0.3) is 5.91 Å². The molecule has 2 heterocycles. The molecule has 0 aliphatic carbocycles. The van der Waals surface area contributed by atoms with Crippen molar-refractivity contribution >= 4 is 34.5 Å². The molecule has 0 saturated carbocycles. The molecule has 37 heavy (non-hydrogen) atoms. The van der Waals surface area contributed by atoms with Crippen LogP contribution in [0.4, 0.5) is 24.8 Å². The minimum absolute atomic E-state index is 0.0877. The average Bonchev–Trinajstić information content (AvgIpc) is 3.28. The highest BCUT2D eigenvalue weighted by Crippen LogP contribution is 2.35. The van der Waals surface area contributed by atoms with E-state index in [0.29, 0.717) is 22.5 Å². The van der Waals surface area contributed by atoms with Crippen LogP contribution in [0.25, 0.3) is 11.0 Å². The second-order valence-corrected chi connectivity index (χ2v) is 7.74. The fourth-order valence-corrected chi connectivity index (χ4v) is 3.43. The molecule has 2 aromatic heterocycles. The van der Waals surface area contributed by atoms with Crippen LogP contribution >= 0.6 is 0 Å². The number of nitrogens with one attached hydrogen (secondary N) is 4. The second kappa shape index (κ2) is 10.4. The van der Waals surface area contributed by atoms with Gasteiger partial charge in [-0.1, -0.05) is 12.6 Å². The van der Waals surface area contributed by atoms with Crippen molar-refractivity contribution in [3.63, 3.8) is 0 Å². The zero-order chi connectivity index (χ0) is 26.6. The number of ether oxygens (including phenoxy) is 1. The molecule has 0 aliphatic rings. The summed E-state index contributed by atoms with van der Waals surface area (Å²) in [6, 6.07) is 11.8. The van der Waals surface area contributed by atoms with Gasteiger partial charge < -0.3 is 25.7 Å². The highest BCUT2D eigenvalue weighted by atomic mass is 19.4. The molecule has 190 valence electrons. The monoisotopic (exact) mass is 510 g/mol. The number of anilines is 2. The maximum Gasteiger partial charge on any atom is 0.416 e. The van der Waals surface area contributed by atoms with Gasteiger partial charge in [0, 0.05) is 37.6 Å². The average molecular weight is 510 g/mol. The SMILES string of the molecule is C=CC(=O)NCc1ccc(Nc2nc3cc(Oc4ccnc(C(=O)NC)c4)ccc3[nH]2)cc1C(F)(F)F. The normalized spacial score (nSPS) is 11.1. The molecule has 4 N–H and O–H groups in total. The molecule has 0 bridgehead atoms. The van der Waals surface area contributed by atoms with Crippen LogP contribution in [0, 0.1) is 0 Å². The summed E-state index contributed by atoms with van der Waals surface area (Å²) < 4.78 is 46.7. The van der Waals surface area contributed by atoms with E-state index in [1.54, 1.807) is 24.3 Å². The van der Waals surface area contributed by atoms with Gasteiger partial charge in [0.15, 0.2) is 0 Å². The number of rotatable bonds is 8. The summed E-state index contributed by atoms with van der Waals surface area (Å²) in [6.45, 7) is 2.99. The predicted molar refractivity (Wildman–Crippen MR) is 131 cm³/mol. The van der Waals surface area contributed by atoms with Gasteiger partial charge >= 0.3 is 6.18 Å². The van der Waals surface area contributed by atoms with Crippen molar-refractivity contribution in [3.8, 4) is 11.5 Å². The first-order chi connectivity index (χ1) is 17.7. The Bertz CT molecular complexity index is 1480. The number of nitrogens with zero attached hydrogens (tertiary/aromatic N) is 2. The third-order valence-electron chi connectivity index (χ3n) is 5.20. The molecule has 4 aromatic rings. The highest BCUT2D eigenvalue weighted by Gasteiger charge is 2.33. The van der Waals surface area contributed by atoms with E-state index in [9.17, 15) is 22.8 Å². The summed E-state index contributed by atoms with van der Waals surface area (Å²) >= 11 is 0. The number of amides is 2. The van der Waals surface area contributed by atoms with Crippen molar-refractivity contribution in [1.82, 2.24) is 25.6 Å². The van der Waals surface area contributed by atoms with Crippen molar-refractivity contribution in [3.05, 3.63) is 84.2 Å². The third-order valence-corrected chi connectivity index (χ3v) is 5.20. The first-order valence-corrected chi connectivity index (χ1v) is 10.9. The lowest BCUT2D eigenvalue weighted by Gasteiger charge is -2.15. The number of alkyl halides is 3. The highest BCUT2D eigenvalue weighted by molar-refractivity contribution is 5.92. The van der Waals surface area contributed by atoms with E-state index in [-0.39, 0.29) is 35.3 Å². The molecule has 4 rings (SSSR count). The van der Waals surface area contributed by atoms with Crippen LogP contribution in [0.1, 0.15) is 21.6 Å². The molecule has 2 amide bonds. The molecule has 0 fully saturated rings. The lowest BCUT2D eigenvalue weighted by molar-refractivity contribution is -0.138. The van der Waals surface area contributed by atoms with Gasteiger partial charge in [0.1, 0.15) is 17.2 Å². The van der Waals surface area contributed by atoms with Crippen molar-refractivity contribution < 1.29 is 27.5 Å². The Morgan fingerprint density at radius 3 is 2.62 bits per heavy atom. The Balaban J connectivity index is 1.54. The first kappa shape index (κ1) is 25.2. The van der Waals surface area contributed by atoms with Crippen LogP contribution in [0.15, 0.2) is 67.4 Å². The number of carbonyl (C=O) groups excluding carboxylic acids is 2. The Labute approximate surface area is 208 Å². The van der Waals surface area contributed by atoms with E-state index in [4.69, 9.17) is 4.74 Å². The fraction of sp³-hybridized carbons (Fsp3) is 0.120. The van der Waals surface area contributed by atoms with Crippen LogP contribution in [0.2, 0.25) is 0 Å². The third kappa shape index (κ3) is 6.04. The quantitative estimate of drug-likeness (QED) is 0.256. The summed E-state index contributed by atoms with van der Waals surface area (Å²) in [5.41, 5.74) is 0.494. The Kier molecular flexibility index (Phi) is 7.09. The van der Waals surface area contributed by atoms with E-state index >= 15 is 0 Å². The number of halogens is 3. The fourth-order valence-electron chi connectivity index (χ4n) is 3.43. The van der Waals surface area contributed by atoms with Gasteiger partial charge in [-0.25, -0.2) is 4.98 Å². The van der Waals surface area contributed by atoms with Crippen LogP contribution in [-0.4, -0.2) is 33.8 Å². The van der Waals surface area contributed by atoms with Gasteiger partial charge in [-0.05, 0) is 42.0 Å². The molecule has 0 aliphatic heterocycles. The summed E-state index contributed by atoms with van der Waals surface area (Å²) in [5, 5.41) is 7.68. The van der Waals surface area contributed by atoms with Gasteiger partial charge in [-0.3, -0.25) is 14.6 Å². The molecule has 0 spiro atoms. The predicted octanol–water partition coefficient (Wildman–Crippen LogP) is 4.67.